The average molecular weight is 250 g/mol. The molecule has 2 N–H and O–H groups in total. The summed E-state index contributed by atoms with van der Waals surface area (Å²) in [5.74, 6) is 0.184. The molecule has 0 aromatic carbocycles. The van der Waals surface area contributed by atoms with Crippen LogP contribution in [-0.2, 0) is 4.79 Å². The van der Waals surface area contributed by atoms with E-state index in [9.17, 15) is 14.9 Å². The second kappa shape index (κ2) is 7.00. The van der Waals surface area contributed by atoms with Gasteiger partial charge in [0.1, 0.15) is 6.29 Å². The highest BCUT2D eigenvalue weighted by molar-refractivity contribution is 5.52. The third-order valence-electron chi connectivity index (χ3n) is 2.17. The van der Waals surface area contributed by atoms with Gasteiger partial charge in [0, 0.05) is 12.4 Å². The fraction of sp³-hybridized carbons (Fsp3) is 0.273. The second-order valence-corrected chi connectivity index (χ2v) is 3.53. The maximum Gasteiger partial charge on any atom is 0.274 e. The second-order valence-electron chi connectivity index (χ2n) is 3.53. The zero-order chi connectivity index (χ0) is 13.4. The number of nitrogens with zero attached hydrogens (tertiary/aromatic N) is 2. The average Bonchev–Trinajstić information content (AvgIpc) is 2.36. The molecule has 0 spiro atoms. The molecule has 1 unspecified atom stereocenters. The van der Waals surface area contributed by atoms with E-state index in [1.807, 2.05) is 13.0 Å². The number of aldehydes is 1. The monoisotopic (exact) mass is 250 g/mol. The number of hydrogen-bond donors (Lipinski definition) is 2. The van der Waals surface area contributed by atoms with Crippen molar-refractivity contribution in [2.24, 2.45) is 0 Å². The van der Waals surface area contributed by atoms with Crippen LogP contribution in [0.4, 0.5) is 0 Å². The first-order valence-corrected chi connectivity index (χ1v) is 5.32. The van der Waals surface area contributed by atoms with Gasteiger partial charge in [-0.1, -0.05) is 6.07 Å². The molecule has 1 atom stereocenters. The molecule has 0 saturated heterocycles. The van der Waals surface area contributed by atoms with Crippen LogP contribution in [0, 0.1) is 10.1 Å². The smallest absolute Gasteiger partial charge is 0.274 e. The van der Waals surface area contributed by atoms with Crippen LogP contribution in [0.15, 0.2) is 36.5 Å². The molecule has 0 bridgehead atoms. The molecule has 0 amide bonds. The summed E-state index contributed by atoms with van der Waals surface area (Å²) in [4.78, 5) is 24.1. The minimum atomic E-state index is -0.587. The summed E-state index contributed by atoms with van der Waals surface area (Å²) in [6, 6.07) is 3.47. The Balaban J connectivity index is 2.71. The fourth-order valence-electron chi connectivity index (χ4n) is 1.34. The largest absolute Gasteiger partial charge is 0.360 e. The van der Waals surface area contributed by atoms with Gasteiger partial charge in [-0.3, -0.25) is 15.1 Å². The minimum absolute atomic E-state index is 0.00638. The zero-order valence-corrected chi connectivity index (χ0v) is 9.87. The molecule has 0 saturated carbocycles. The van der Waals surface area contributed by atoms with E-state index in [1.165, 1.54) is 0 Å². The number of rotatable bonds is 7. The molecule has 1 aromatic heterocycles. The van der Waals surface area contributed by atoms with Gasteiger partial charge in [0.2, 0.25) is 0 Å². The van der Waals surface area contributed by atoms with E-state index < -0.39 is 4.92 Å². The molecular formula is C11H14N4O3. The molecule has 0 aliphatic carbocycles. The van der Waals surface area contributed by atoms with E-state index in [0.717, 1.165) is 11.8 Å². The van der Waals surface area contributed by atoms with Gasteiger partial charge >= 0.3 is 0 Å². The van der Waals surface area contributed by atoms with Crippen LogP contribution in [0.1, 0.15) is 18.5 Å². The van der Waals surface area contributed by atoms with Crippen LogP contribution in [0.2, 0.25) is 0 Å². The molecule has 0 radical (unpaired) electrons. The van der Waals surface area contributed by atoms with Gasteiger partial charge in [0.15, 0.2) is 5.82 Å². The molecule has 0 aliphatic heterocycles. The highest BCUT2D eigenvalue weighted by atomic mass is 16.6. The predicted molar refractivity (Wildman–Crippen MR) is 64.9 cm³/mol. The lowest BCUT2D eigenvalue weighted by Gasteiger charge is -2.16. The molecule has 7 heteroatoms. The minimum Gasteiger partial charge on any atom is -0.360 e. The highest BCUT2D eigenvalue weighted by Crippen LogP contribution is 2.10. The lowest BCUT2D eigenvalue weighted by atomic mass is 10.1. The van der Waals surface area contributed by atoms with Crippen molar-refractivity contribution in [1.29, 1.82) is 0 Å². The van der Waals surface area contributed by atoms with Crippen molar-refractivity contribution < 1.29 is 9.72 Å². The number of pyridine rings is 1. The fourth-order valence-corrected chi connectivity index (χ4v) is 1.34. The molecule has 0 aliphatic rings. The molecular weight excluding hydrogens is 236 g/mol. The van der Waals surface area contributed by atoms with Gasteiger partial charge in [-0.15, -0.1) is 0 Å². The lowest BCUT2D eigenvalue weighted by molar-refractivity contribution is -0.404. The Labute approximate surface area is 104 Å². The van der Waals surface area contributed by atoms with E-state index in [-0.39, 0.29) is 18.4 Å². The van der Waals surface area contributed by atoms with Gasteiger partial charge in [-0.25, -0.2) is 0 Å². The van der Waals surface area contributed by atoms with Crippen molar-refractivity contribution in [3.63, 3.8) is 0 Å². The predicted octanol–water partition coefficient (Wildman–Crippen LogP) is 0.596. The number of nitrogens with one attached hydrogen (secondary N) is 2. The number of nitro groups is 1. The number of hydrogen-bond acceptors (Lipinski definition) is 6. The van der Waals surface area contributed by atoms with Crippen LogP contribution in [0.3, 0.4) is 0 Å². The van der Waals surface area contributed by atoms with Crippen LogP contribution >= 0.6 is 0 Å². The Bertz CT molecular complexity index is 433. The van der Waals surface area contributed by atoms with Gasteiger partial charge < -0.3 is 15.4 Å². The summed E-state index contributed by atoms with van der Waals surface area (Å²) in [6.45, 7) is 1.85. The molecule has 18 heavy (non-hydrogen) atoms. The third kappa shape index (κ3) is 4.60. The number of aromatic nitrogens is 1. The Hall–Kier alpha value is -2.44. The quantitative estimate of drug-likeness (QED) is 0.418. The standard InChI is InChI=1S/C11H14N4O3/c1-9(10-3-2-4-12-7-10)14-11(8-15(17)18)13-5-6-16/h2-4,6-9,13-14H,5H2,1H3/b11-8+. The maximum absolute atomic E-state index is 10.4. The van der Waals surface area contributed by atoms with Gasteiger partial charge in [-0.05, 0) is 18.6 Å². The molecule has 7 nitrogen and oxygen atoms in total. The van der Waals surface area contributed by atoms with Crippen molar-refractivity contribution in [3.8, 4) is 0 Å². The van der Waals surface area contributed by atoms with E-state index in [1.54, 1.807) is 18.5 Å². The topological polar surface area (TPSA) is 97.2 Å². The number of carbonyl (C=O) groups is 1. The van der Waals surface area contributed by atoms with E-state index >= 15 is 0 Å². The first kappa shape index (κ1) is 13.6. The summed E-state index contributed by atoms with van der Waals surface area (Å²) >= 11 is 0. The summed E-state index contributed by atoms with van der Waals surface area (Å²) in [6.07, 6.45) is 4.73. The molecule has 96 valence electrons. The summed E-state index contributed by atoms with van der Waals surface area (Å²) in [5, 5.41) is 16.0. The zero-order valence-electron chi connectivity index (χ0n) is 9.87. The SMILES string of the molecule is CC(N/C(=C/[N+](=O)[O-])NCC=O)c1cccnc1. The lowest BCUT2D eigenvalue weighted by Crippen LogP contribution is -2.30. The van der Waals surface area contributed by atoms with Crippen LogP contribution in [0.25, 0.3) is 0 Å². The van der Waals surface area contributed by atoms with Gasteiger partial charge in [0.25, 0.3) is 6.20 Å². The summed E-state index contributed by atoms with van der Waals surface area (Å²) in [5.41, 5.74) is 0.889. The third-order valence-corrected chi connectivity index (χ3v) is 2.17. The van der Waals surface area contributed by atoms with Crippen molar-refractivity contribution in [2.75, 3.05) is 6.54 Å². The first-order chi connectivity index (χ1) is 8.63. The molecule has 1 rings (SSSR count). The Morgan fingerprint density at radius 3 is 3.00 bits per heavy atom. The Kier molecular flexibility index (Phi) is 5.30. The highest BCUT2D eigenvalue weighted by Gasteiger charge is 2.09. The van der Waals surface area contributed by atoms with Crippen molar-refractivity contribution in [2.45, 2.75) is 13.0 Å². The van der Waals surface area contributed by atoms with E-state index in [4.69, 9.17) is 0 Å². The van der Waals surface area contributed by atoms with Crippen molar-refractivity contribution >= 4 is 6.29 Å². The first-order valence-electron chi connectivity index (χ1n) is 5.32. The summed E-state index contributed by atoms with van der Waals surface area (Å²) < 4.78 is 0. The van der Waals surface area contributed by atoms with Crippen molar-refractivity contribution in [1.82, 2.24) is 15.6 Å². The van der Waals surface area contributed by atoms with Crippen LogP contribution in [0.5, 0.6) is 0 Å². The van der Waals surface area contributed by atoms with Crippen molar-refractivity contribution in [3.05, 3.63) is 52.2 Å². The molecule has 1 heterocycles. The Morgan fingerprint density at radius 1 is 1.67 bits per heavy atom. The molecule has 1 aromatic rings. The van der Waals surface area contributed by atoms with Gasteiger partial charge in [0.05, 0.1) is 17.5 Å². The van der Waals surface area contributed by atoms with E-state index in [0.29, 0.717) is 6.29 Å². The van der Waals surface area contributed by atoms with Crippen LogP contribution in [-0.4, -0.2) is 22.7 Å². The maximum atomic E-state index is 10.4. The Morgan fingerprint density at radius 2 is 2.44 bits per heavy atom. The number of carbonyl (C=O) groups excluding carboxylic acids is 1. The normalized spacial score (nSPS) is 12.6. The van der Waals surface area contributed by atoms with E-state index in [2.05, 4.69) is 15.6 Å². The molecule has 0 fully saturated rings. The van der Waals surface area contributed by atoms with Gasteiger partial charge in [-0.2, -0.15) is 0 Å². The van der Waals surface area contributed by atoms with Crippen LogP contribution < -0.4 is 10.6 Å². The summed E-state index contributed by atoms with van der Waals surface area (Å²) in [7, 11) is 0.